The summed E-state index contributed by atoms with van der Waals surface area (Å²) in [7, 11) is -5.61. The van der Waals surface area contributed by atoms with Gasteiger partial charge in [-0.05, 0) is 167 Å². The topological polar surface area (TPSA) is 382 Å². The van der Waals surface area contributed by atoms with Gasteiger partial charge >= 0.3 is 59.6 Å². The molecule has 0 saturated carbocycles. The molecule has 2 saturated heterocycles. The summed E-state index contributed by atoms with van der Waals surface area (Å²) in [5, 5.41) is 11.3. The highest BCUT2D eigenvalue weighted by Gasteiger charge is 2.45. The van der Waals surface area contributed by atoms with Gasteiger partial charge in [0.2, 0.25) is 17.9 Å². The van der Waals surface area contributed by atoms with E-state index in [1.807, 2.05) is 48.5 Å². The Balaban J connectivity index is 0. The third-order valence-electron chi connectivity index (χ3n) is 17.9. The second-order valence-electron chi connectivity index (χ2n) is 26.6. The van der Waals surface area contributed by atoms with Crippen molar-refractivity contribution in [2.45, 2.75) is 301 Å². The minimum absolute atomic E-state index is 0. The van der Waals surface area contributed by atoms with Crippen molar-refractivity contribution in [3.05, 3.63) is 0 Å². The minimum atomic E-state index is -2.95. The van der Waals surface area contributed by atoms with Crippen LogP contribution in [0.3, 0.4) is 0 Å². The van der Waals surface area contributed by atoms with Crippen LogP contribution in [0.2, 0.25) is 12.1 Å². The van der Waals surface area contributed by atoms with Gasteiger partial charge < -0.3 is 60.6 Å². The molecule has 34 heteroatoms. The second kappa shape index (κ2) is 66.4. The van der Waals surface area contributed by atoms with E-state index < -0.39 is 47.7 Å². The number of ketones is 3. The van der Waals surface area contributed by atoms with Crippen molar-refractivity contribution in [1.82, 2.24) is 34.7 Å². The Hall–Kier alpha value is -6.94. The minimum Gasteiger partial charge on any atom is -0.466 e. The smallest absolute Gasteiger partial charge is 0.466 e. The highest BCUT2D eigenvalue weighted by molar-refractivity contribution is 6.61. The summed E-state index contributed by atoms with van der Waals surface area (Å²) >= 11 is 0. The summed E-state index contributed by atoms with van der Waals surface area (Å²) in [6.07, 6.45) is 20.1. The summed E-state index contributed by atoms with van der Waals surface area (Å²) in [5.41, 5.74) is 0. The number of urea groups is 4. The molecule has 1 N–H and O–H groups in total. The van der Waals surface area contributed by atoms with Gasteiger partial charge in [-0.2, -0.15) is 5.26 Å². The van der Waals surface area contributed by atoms with E-state index in [0.717, 1.165) is 103 Å². The van der Waals surface area contributed by atoms with E-state index in [2.05, 4.69) is 15.0 Å². The van der Waals surface area contributed by atoms with Crippen molar-refractivity contribution in [3.8, 4) is 6.26 Å². The Morgan fingerprint density at radius 2 is 0.821 bits per heavy atom. The fraction of sp³-hybridized carbons (Fsp3) is 0.821. The van der Waals surface area contributed by atoms with E-state index in [0.29, 0.717) is 149 Å². The number of isocyanates is 1. The van der Waals surface area contributed by atoms with Crippen LogP contribution in [0, 0.1) is 11.5 Å². The maximum absolute atomic E-state index is 13.5. The average molecular weight is 1630 g/mol. The molecule has 3 unspecified atom stereocenters. The Morgan fingerprint density at radius 3 is 1.20 bits per heavy atom. The lowest BCUT2D eigenvalue weighted by molar-refractivity contribution is -0.160. The molecule has 0 aromatic heterocycles. The molecular weight excluding hydrogens is 1490 g/mol. The first-order valence-electron chi connectivity index (χ1n) is 40.8. The molecule has 32 nitrogen and oxygen atoms in total. The van der Waals surface area contributed by atoms with Crippen LogP contribution in [0.15, 0.2) is 4.99 Å². The molecule has 0 aromatic carbocycles. The molecule has 2 fully saturated rings. The number of hydrogen-bond donors (Lipinski definition) is 1. The van der Waals surface area contributed by atoms with Crippen LogP contribution >= 0.6 is 0 Å². The van der Waals surface area contributed by atoms with Crippen molar-refractivity contribution in [2.24, 2.45) is 4.99 Å². The standard InChI is InChI=1S/C45H80N4O13Si.C16H24N4O4.C16H33NO6Si.CH4/c1-9-15-29-47(39(43(55)59-11-3)35-42(54)58-10-2)41(53)28-23-19-17-21-25-31-49-44(56)48(45(49)57)30-24-20-16-18-22-27-40(52)46(38(37(8)51)34-36(7)50)32-26-33-63(60-12-4,61-13-5)62-14-6;17-13-24-12-8-4-3-7-11-20-15(22)19(16(20)23)10-6-2-1-5-9-18-14-21;1-6-20-16(19)13-15(14(5)18)17-11-10-12-24(21-7-2,22-8-3)23-9-4;/h38-39H,9-35H2,1-8H3;1-12H2;15,17H,6-13H2,1-5H3;1H4. The first-order valence-corrected chi connectivity index (χ1v) is 44.6. The van der Waals surface area contributed by atoms with Gasteiger partial charge in [0.15, 0.2) is 5.78 Å². The van der Waals surface area contributed by atoms with Crippen LogP contribution in [0.25, 0.3) is 0 Å². The lowest BCUT2D eigenvalue weighted by atomic mass is 10.0. The van der Waals surface area contributed by atoms with Crippen molar-refractivity contribution in [2.75, 3.05) is 118 Å². The fourth-order valence-electron chi connectivity index (χ4n) is 12.4. The number of unbranched alkanes of at least 4 members (excludes halogenated alkanes) is 15. The lowest BCUT2D eigenvalue weighted by Crippen LogP contribution is -2.64. The number of nitriles is 1. The van der Waals surface area contributed by atoms with Crippen molar-refractivity contribution in [3.63, 3.8) is 0 Å². The fourth-order valence-corrected chi connectivity index (χ4v) is 17.7. The average Bonchev–Trinajstić information content (AvgIpc) is 0.790. The zero-order valence-electron chi connectivity index (χ0n) is 69.4. The summed E-state index contributed by atoms with van der Waals surface area (Å²) in [6, 6.07) is -2.24. The van der Waals surface area contributed by atoms with Gasteiger partial charge in [-0.15, -0.1) is 0 Å². The molecule has 0 radical (unpaired) electrons. The Bertz CT molecular complexity index is 2750. The predicted octanol–water partition coefficient (Wildman–Crippen LogP) is 12.6. The number of amides is 10. The normalized spacial score (nSPS) is 13.3. The van der Waals surface area contributed by atoms with Crippen molar-refractivity contribution in [1.29, 1.82) is 5.26 Å². The molecule has 0 aliphatic carbocycles. The van der Waals surface area contributed by atoms with E-state index in [4.69, 9.17) is 46.0 Å². The van der Waals surface area contributed by atoms with Crippen LogP contribution in [0.1, 0.15) is 271 Å². The molecule has 0 aromatic rings. The zero-order chi connectivity index (χ0) is 83.3. The third-order valence-corrected chi connectivity index (χ3v) is 24.2. The number of aliphatic imine (C=N–C) groups is 1. The molecule has 0 bridgehead atoms. The molecule has 2 heterocycles. The van der Waals surface area contributed by atoms with E-state index in [1.54, 1.807) is 27.0 Å². The van der Waals surface area contributed by atoms with Gasteiger partial charge in [-0.3, -0.25) is 33.6 Å². The molecule has 644 valence electrons. The van der Waals surface area contributed by atoms with Gasteiger partial charge in [0, 0.05) is 110 Å². The van der Waals surface area contributed by atoms with Crippen LogP contribution in [0.5, 0.6) is 0 Å². The SMILES string of the molecule is C.CCCCN(C(=O)CCCCCCCN1C(=O)N(CCCCCCCC(=O)N(CCC[Si](OCC)(OCC)OCC)C(CC(C)=O)C(C)=O)C1=O)C(CC(=O)OCC)C(=O)OCC.CCOC(=O)CC(NCCC[Si](OCC)(OCC)OCC)C(C)=O.N#COCCCCCCN1C(=O)N(CCCCCCN=C=O)C1=O. The zero-order valence-corrected chi connectivity index (χ0v) is 71.4. The maximum Gasteiger partial charge on any atom is 0.500 e. The Kier molecular flexibility index (Phi) is 63.5. The number of esters is 3. The number of nitrogens with zero attached hydrogens (tertiary/aromatic N) is 8. The van der Waals surface area contributed by atoms with Crippen molar-refractivity contribution < 1.29 is 108 Å². The van der Waals surface area contributed by atoms with Gasteiger partial charge in [0.05, 0.1) is 51.3 Å². The van der Waals surface area contributed by atoms with Gasteiger partial charge in [0.25, 0.3) is 6.26 Å². The molecular formula is C78H141N9O23Si2. The van der Waals surface area contributed by atoms with E-state index in [1.165, 1.54) is 56.3 Å². The van der Waals surface area contributed by atoms with E-state index in [-0.39, 0.29) is 119 Å². The number of Topliss-reactive ketones (excluding diaryl/α,β-unsaturated/α-hetero) is 3. The molecule has 2 aliphatic heterocycles. The highest BCUT2D eigenvalue weighted by Crippen LogP contribution is 2.25. The number of carbonyl (C=O) groups excluding carboxylic acids is 13. The molecule has 112 heavy (non-hydrogen) atoms. The number of carbonyl (C=O) groups is 12. The molecule has 0 spiro atoms. The Morgan fingerprint density at radius 1 is 0.446 bits per heavy atom. The largest absolute Gasteiger partial charge is 0.500 e. The number of rotatable bonds is 68. The lowest BCUT2D eigenvalue weighted by Gasteiger charge is -2.39. The van der Waals surface area contributed by atoms with Gasteiger partial charge in [-0.1, -0.05) is 78.6 Å². The molecule has 10 amide bonds. The van der Waals surface area contributed by atoms with Gasteiger partial charge in [0.1, 0.15) is 24.2 Å². The summed E-state index contributed by atoms with van der Waals surface area (Å²) < 4.78 is 54.9. The first-order chi connectivity index (χ1) is 53.3. The monoisotopic (exact) mass is 1630 g/mol. The Labute approximate surface area is 670 Å². The molecule has 2 rings (SSSR count). The number of imide groups is 4. The molecule has 2 aliphatic rings. The summed E-state index contributed by atoms with van der Waals surface area (Å²) in [5.74, 6) is -2.41. The van der Waals surface area contributed by atoms with Crippen LogP contribution in [-0.4, -0.2) is 261 Å². The van der Waals surface area contributed by atoms with E-state index in [9.17, 15) is 62.3 Å². The highest BCUT2D eigenvalue weighted by atomic mass is 28.4. The van der Waals surface area contributed by atoms with E-state index >= 15 is 0 Å². The quantitative estimate of drug-likeness (QED) is 0.0112. The van der Waals surface area contributed by atoms with Gasteiger partial charge in [-0.25, -0.2) is 53.4 Å². The van der Waals surface area contributed by atoms with Crippen LogP contribution in [0.4, 0.5) is 19.2 Å². The van der Waals surface area contributed by atoms with Crippen LogP contribution < -0.4 is 5.32 Å². The summed E-state index contributed by atoms with van der Waals surface area (Å²) in [4.78, 5) is 170. The summed E-state index contributed by atoms with van der Waals surface area (Å²) in [6.45, 7) is 30.0. The number of ether oxygens (including phenoxy) is 4. The number of hydrogen-bond acceptors (Lipinski definition) is 26. The first kappa shape index (κ1) is 107. The van der Waals surface area contributed by atoms with Crippen LogP contribution in [-0.2, 0) is 88.7 Å². The van der Waals surface area contributed by atoms with Crippen molar-refractivity contribution >= 4 is 94.9 Å². The predicted molar refractivity (Wildman–Crippen MR) is 426 cm³/mol. The second-order valence-corrected chi connectivity index (χ2v) is 32.1. The number of nitrogens with one attached hydrogen (secondary N) is 1. The third kappa shape index (κ3) is 44.7. The molecule has 3 atom stereocenters. The maximum atomic E-state index is 13.5.